The van der Waals surface area contributed by atoms with Gasteiger partial charge in [0, 0.05) is 0 Å². The highest BCUT2D eigenvalue weighted by atomic mass is 32.2. The Balaban J connectivity index is 2.73. The zero-order valence-electron chi connectivity index (χ0n) is 3.85. The first-order valence-electron chi connectivity index (χ1n) is 1.92. The first-order valence-corrected chi connectivity index (χ1v) is 2.86. The third-order valence-electron chi connectivity index (χ3n) is 0.410. The molecule has 2 N–H and O–H groups in total. The largest absolute Gasteiger partial charge is 0.274 e. The molecule has 0 heterocycles. The molecule has 6 heavy (non-hydrogen) atoms. The minimum atomic E-state index is 1.07. The summed E-state index contributed by atoms with van der Waals surface area (Å²) in [5.74, 6) is 0. The minimum Gasteiger partial charge on any atom is -0.274 e. The maximum Gasteiger partial charge on any atom is -0.0178 e. The first-order chi connectivity index (χ1) is 2.91. The highest BCUT2D eigenvalue weighted by Gasteiger charge is 1.60. The van der Waals surface area contributed by atoms with Crippen molar-refractivity contribution in [1.29, 1.82) is 0 Å². The van der Waals surface area contributed by atoms with Crippen LogP contribution in [0.3, 0.4) is 0 Å². The predicted octanol–water partition coefficient (Wildman–Crippen LogP) is 1.52. The summed E-state index contributed by atoms with van der Waals surface area (Å²) in [5.41, 5.74) is 0. The molecule has 0 aromatic carbocycles. The number of allylic oxidation sites excluding steroid dienone is 1. The lowest BCUT2D eigenvalue weighted by atomic mass is 10.5. The van der Waals surface area contributed by atoms with E-state index in [2.05, 4.69) is 6.92 Å². The Labute approximate surface area is 42.7 Å². The van der Waals surface area contributed by atoms with E-state index in [0.29, 0.717) is 0 Å². The van der Waals surface area contributed by atoms with Gasteiger partial charge in [-0.2, -0.15) is 0 Å². The van der Waals surface area contributed by atoms with Gasteiger partial charge < -0.3 is 0 Å². The summed E-state index contributed by atoms with van der Waals surface area (Å²) in [5, 5.41) is 6.92. The smallest absolute Gasteiger partial charge is 0.0178 e. The minimum absolute atomic E-state index is 1.07. The van der Waals surface area contributed by atoms with Crippen LogP contribution in [0.25, 0.3) is 0 Å². The molecule has 0 aliphatic rings. The molecule has 0 aliphatic heterocycles. The summed E-state index contributed by atoms with van der Waals surface area (Å²) in [6.45, 7) is 2.08. The van der Waals surface area contributed by atoms with E-state index in [4.69, 9.17) is 5.14 Å². The Morgan fingerprint density at radius 1 is 1.83 bits per heavy atom. The first kappa shape index (κ1) is 6.05. The van der Waals surface area contributed by atoms with Crippen LogP contribution < -0.4 is 5.14 Å². The summed E-state index contributed by atoms with van der Waals surface area (Å²) in [7, 11) is 0. The molecular weight excluding hydrogens is 94.1 g/mol. The standard InChI is InChI=1S/C4H9NS/c1-2-3-4-6-5/h3-4H,2,5H2,1H3. The Bertz CT molecular complexity index is 36.8. The Morgan fingerprint density at radius 3 is 2.67 bits per heavy atom. The maximum atomic E-state index is 5.04. The molecule has 0 fully saturated rings. The average Bonchev–Trinajstić information content (AvgIpc) is 1.61. The van der Waals surface area contributed by atoms with Gasteiger partial charge in [-0.3, -0.25) is 5.14 Å². The van der Waals surface area contributed by atoms with Gasteiger partial charge in [0.25, 0.3) is 0 Å². The lowest BCUT2D eigenvalue weighted by Gasteiger charge is -1.72. The summed E-state index contributed by atoms with van der Waals surface area (Å²) in [6, 6.07) is 0. The molecule has 0 amide bonds. The van der Waals surface area contributed by atoms with Crippen molar-refractivity contribution in [3.63, 3.8) is 0 Å². The van der Waals surface area contributed by atoms with Crippen molar-refractivity contribution in [1.82, 2.24) is 0 Å². The Hall–Kier alpha value is 0.0500. The van der Waals surface area contributed by atoms with E-state index in [9.17, 15) is 0 Å². The lowest BCUT2D eigenvalue weighted by Crippen LogP contribution is -1.66. The van der Waals surface area contributed by atoms with Crippen molar-refractivity contribution < 1.29 is 0 Å². The summed E-state index contributed by atoms with van der Waals surface area (Å²) >= 11 is 1.25. The molecule has 0 rings (SSSR count). The van der Waals surface area contributed by atoms with Crippen LogP contribution in [-0.2, 0) is 0 Å². The van der Waals surface area contributed by atoms with Gasteiger partial charge in [-0.05, 0) is 11.8 Å². The molecule has 36 valence electrons. The van der Waals surface area contributed by atoms with Gasteiger partial charge in [0.05, 0.1) is 0 Å². The van der Waals surface area contributed by atoms with Gasteiger partial charge in [-0.25, -0.2) is 0 Å². The Kier molecular flexibility index (Phi) is 5.09. The second-order valence-corrected chi connectivity index (χ2v) is 1.46. The highest BCUT2D eigenvalue weighted by Crippen LogP contribution is 1.88. The molecule has 1 nitrogen and oxygen atoms in total. The van der Waals surface area contributed by atoms with E-state index in [-0.39, 0.29) is 0 Å². The van der Waals surface area contributed by atoms with Crippen LogP contribution in [0.2, 0.25) is 0 Å². The van der Waals surface area contributed by atoms with Crippen molar-refractivity contribution >= 4 is 11.9 Å². The van der Waals surface area contributed by atoms with E-state index in [1.54, 1.807) is 0 Å². The molecule has 0 saturated carbocycles. The van der Waals surface area contributed by atoms with E-state index < -0.39 is 0 Å². The molecule has 0 aromatic rings. The van der Waals surface area contributed by atoms with Crippen LogP contribution in [0.4, 0.5) is 0 Å². The van der Waals surface area contributed by atoms with Gasteiger partial charge in [0.2, 0.25) is 0 Å². The predicted molar refractivity (Wildman–Crippen MR) is 31.2 cm³/mol. The molecule has 0 atom stereocenters. The SMILES string of the molecule is CCC=CSN. The van der Waals surface area contributed by atoms with Crippen molar-refractivity contribution in [2.24, 2.45) is 5.14 Å². The normalized spacial score (nSPS) is 10.3. The van der Waals surface area contributed by atoms with Crippen molar-refractivity contribution in [2.75, 3.05) is 0 Å². The quantitative estimate of drug-likeness (QED) is 0.536. The van der Waals surface area contributed by atoms with Crippen LogP contribution in [0, 0.1) is 0 Å². The van der Waals surface area contributed by atoms with Crippen molar-refractivity contribution in [2.45, 2.75) is 13.3 Å². The van der Waals surface area contributed by atoms with Gasteiger partial charge in [-0.15, -0.1) is 0 Å². The van der Waals surface area contributed by atoms with Crippen molar-refractivity contribution in [3.8, 4) is 0 Å². The second kappa shape index (κ2) is 5.05. The summed E-state index contributed by atoms with van der Waals surface area (Å²) in [6.07, 6.45) is 3.09. The van der Waals surface area contributed by atoms with E-state index in [1.165, 1.54) is 11.9 Å². The number of nitrogens with two attached hydrogens (primary N) is 1. The fourth-order valence-electron chi connectivity index (χ4n) is 0.152. The van der Waals surface area contributed by atoms with Crippen LogP contribution >= 0.6 is 11.9 Å². The summed E-state index contributed by atoms with van der Waals surface area (Å²) < 4.78 is 0. The van der Waals surface area contributed by atoms with E-state index in [0.717, 1.165) is 6.42 Å². The van der Waals surface area contributed by atoms with E-state index in [1.807, 2.05) is 11.5 Å². The lowest BCUT2D eigenvalue weighted by molar-refractivity contribution is 1.23. The fraction of sp³-hybridized carbons (Fsp3) is 0.500. The van der Waals surface area contributed by atoms with Gasteiger partial charge >= 0.3 is 0 Å². The molecule has 0 saturated heterocycles. The molecule has 0 aromatic heterocycles. The van der Waals surface area contributed by atoms with Crippen LogP contribution in [-0.4, -0.2) is 0 Å². The second-order valence-electron chi connectivity index (χ2n) is 0.916. The molecular formula is C4H9NS. The van der Waals surface area contributed by atoms with Crippen LogP contribution in [0.1, 0.15) is 13.3 Å². The van der Waals surface area contributed by atoms with Gasteiger partial charge in [0.15, 0.2) is 0 Å². The zero-order valence-corrected chi connectivity index (χ0v) is 4.66. The molecule has 0 aliphatic carbocycles. The van der Waals surface area contributed by atoms with Gasteiger partial charge in [-0.1, -0.05) is 24.9 Å². The third kappa shape index (κ3) is 4.05. The fourth-order valence-corrected chi connectivity index (χ4v) is 0.455. The molecule has 0 unspecified atom stereocenters. The topological polar surface area (TPSA) is 26.0 Å². The number of hydrogen-bond donors (Lipinski definition) is 1. The Morgan fingerprint density at radius 2 is 2.50 bits per heavy atom. The van der Waals surface area contributed by atoms with Crippen LogP contribution in [0.5, 0.6) is 0 Å². The number of hydrogen-bond acceptors (Lipinski definition) is 2. The average molecular weight is 103 g/mol. The summed E-state index contributed by atoms with van der Waals surface area (Å²) in [4.78, 5) is 0. The molecule has 0 radical (unpaired) electrons. The highest BCUT2D eigenvalue weighted by molar-refractivity contribution is 7.99. The van der Waals surface area contributed by atoms with E-state index >= 15 is 0 Å². The molecule has 0 spiro atoms. The van der Waals surface area contributed by atoms with Crippen LogP contribution in [0.15, 0.2) is 11.5 Å². The third-order valence-corrected chi connectivity index (χ3v) is 0.760. The monoisotopic (exact) mass is 103 g/mol. The molecule has 2 heteroatoms. The van der Waals surface area contributed by atoms with Gasteiger partial charge in [0.1, 0.15) is 0 Å². The maximum absolute atomic E-state index is 5.04. The number of rotatable bonds is 2. The molecule has 0 bridgehead atoms. The zero-order chi connectivity index (χ0) is 4.83. The van der Waals surface area contributed by atoms with Crippen molar-refractivity contribution in [3.05, 3.63) is 11.5 Å².